The van der Waals surface area contributed by atoms with Crippen molar-refractivity contribution >= 4 is 5.97 Å². The standard InChI is InChI=1S/C29H48O3/c1-18(2)8-7-9-19(3)23-10-11-24-27-25(13-15-29(23,24)6)28(5)14-12-22(32-20(4)30)16-21(28)17-26(27)31/h17-19,22-27,31H,7-16H2,1-6H3/t19-,22+,23-,24+,25+,26+,27?,28+,29-/m1/s1. The van der Waals surface area contributed by atoms with Gasteiger partial charge in [-0.15, -0.1) is 0 Å². The molecule has 32 heavy (non-hydrogen) atoms. The lowest BCUT2D eigenvalue weighted by molar-refractivity contribution is -0.149. The Bertz CT molecular complexity index is 726. The van der Waals surface area contributed by atoms with E-state index in [2.05, 4.69) is 40.7 Å². The summed E-state index contributed by atoms with van der Waals surface area (Å²) in [6.07, 6.45) is 14.0. The number of carbonyl (C=O) groups excluding carboxylic acids is 1. The summed E-state index contributed by atoms with van der Waals surface area (Å²) in [5.74, 6) is 3.85. The summed E-state index contributed by atoms with van der Waals surface area (Å²) in [7, 11) is 0. The Morgan fingerprint density at radius 3 is 2.53 bits per heavy atom. The zero-order valence-corrected chi connectivity index (χ0v) is 21.5. The zero-order chi connectivity index (χ0) is 23.3. The molecule has 0 saturated heterocycles. The lowest BCUT2D eigenvalue weighted by atomic mass is 9.46. The SMILES string of the molecule is CC(=O)O[C@H]1CC[C@@]2(C)C(=C[C@H](O)C3[C@@H]4CC[C@H]([C@H](C)CCCC(C)C)[C@@]4(C)CC[C@@H]32)C1. The minimum atomic E-state index is -0.334. The van der Waals surface area contributed by atoms with E-state index in [1.54, 1.807) is 0 Å². The third-order valence-corrected chi connectivity index (χ3v) is 10.6. The molecule has 4 aliphatic rings. The summed E-state index contributed by atoms with van der Waals surface area (Å²) in [6.45, 7) is 13.7. The topological polar surface area (TPSA) is 46.5 Å². The van der Waals surface area contributed by atoms with Crippen LogP contribution >= 0.6 is 0 Å². The molecule has 4 rings (SSSR count). The summed E-state index contributed by atoms with van der Waals surface area (Å²) < 4.78 is 5.57. The highest BCUT2D eigenvalue weighted by Crippen LogP contribution is 2.67. The fourth-order valence-corrected chi connectivity index (χ4v) is 8.98. The first-order valence-electron chi connectivity index (χ1n) is 13.6. The Labute approximate surface area is 196 Å². The Hall–Kier alpha value is -0.830. The van der Waals surface area contributed by atoms with Gasteiger partial charge in [-0.3, -0.25) is 4.79 Å². The Kier molecular flexibility index (Phi) is 6.90. The number of hydrogen-bond donors (Lipinski definition) is 1. The number of aliphatic hydroxyl groups is 1. The molecule has 1 unspecified atom stereocenters. The highest BCUT2D eigenvalue weighted by molar-refractivity contribution is 5.66. The van der Waals surface area contributed by atoms with Crippen molar-refractivity contribution < 1.29 is 14.6 Å². The van der Waals surface area contributed by atoms with E-state index in [-0.39, 0.29) is 23.6 Å². The van der Waals surface area contributed by atoms with Crippen LogP contribution in [0.5, 0.6) is 0 Å². The lowest BCUT2D eigenvalue weighted by Gasteiger charge is -2.59. The monoisotopic (exact) mass is 444 g/mol. The van der Waals surface area contributed by atoms with Crippen LogP contribution in [0, 0.1) is 46.3 Å². The van der Waals surface area contributed by atoms with Gasteiger partial charge in [0, 0.05) is 13.3 Å². The highest BCUT2D eigenvalue weighted by Gasteiger charge is 2.61. The van der Waals surface area contributed by atoms with Gasteiger partial charge in [0.15, 0.2) is 0 Å². The van der Waals surface area contributed by atoms with Crippen LogP contribution in [0.15, 0.2) is 11.6 Å². The predicted octanol–water partition coefficient (Wildman–Crippen LogP) is 6.93. The van der Waals surface area contributed by atoms with Crippen molar-refractivity contribution in [1.82, 2.24) is 0 Å². The van der Waals surface area contributed by atoms with E-state index < -0.39 is 0 Å². The summed E-state index contributed by atoms with van der Waals surface area (Å²) in [5, 5.41) is 11.4. The predicted molar refractivity (Wildman–Crippen MR) is 130 cm³/mol. The van der Waals surface area contributed by atoms with Crippen LogP contribution in [0.25, 0.3) is 0 Å². The molecule has 3 heteroatoms. The molecule has 0 spiro atoms. The van der Waals surface area contributed by atoms with Crippen LogP contribution in [0.3, 0.4) is 0 Å². The van der Waals surface area contributed by atoms with Crippen LogP contribution in [-0.2, 0) is 9.53 Å². The van der Waals surface area contributed by atoms with Crippen LogP contribution in [0.4, 0.5) is 0 Å². The Balaban J connectivity index is 1.51. The van der Waals surface area contributed by atoms with Gasteiger partial charge in [0.1, 0.15) is 6.10 Å². The number of rotatable bonds is 6. The van der Waals surface area contributed by atoms with Gasteiger partial charge < -0.3 is 9.84 Å². The van der Waals surface area contributed by atoms with E-state index in [9.17, 15) is 9.90 Å². The number of hydrogen-bond acceptors (Lipinski definition) is 3. The number of aliphatic hydroxyl groups excluding tert-OH is 1. The maximum atomic E-state index is 11.5. The molecule has 4 aliphatic carbocycles. The molecule has 9 atom stereocenters. The fourth-order valence-electron chi connectivity index (χ4n) is 8.98. The third-order valence-electron chi connectivity index (χ3n) is 10.6. The minimum absolute atomic E-state index is 0.00742. The minimum Gasteiger partial charge on any atom is -0.462 e. The van der Waals surface area contributed by atoms with Crippen molar-refractivity contribution in [3.63, 3.8) is 0 Å². The summed E-state index contributed by atoms with van der Waals surface area (Å²) in [5.41, 5.74) is 1.92. The second-order valence-electron chi connectivity index (χ2n) is 12.9. The average molecular weight is 445 g/mol. The van der Waals surface area contributed by atoms with E-state index in [4.69, 9.17) is 4.74 Å². The molecule has 0 amide bonds. The number of esters is 1. The largest absolute Gasteiger partial charge is 0.462 e. The van der Waals surface area contributed by atoms with Crippen molar-refractivity contribution in [2.75, 3.05) is 0 Å². The molecular formula is C29H48O3. The molecule has 0 heterocycles. The molecule has 0 aromatic carbocycles. The van der Waals surface area contributed by atoms with Gasteiger partial charge in [0.2, 0.25) is 0 Å². The normalized spacial score (nSPS) is 44.3. The summed E-state index contributed by atoms with van der Waals surface area (Å²) >= 11 is 0. The quantitative estimate of drug-likeness (QED) is 0.357. The molecule has 0 bridgehead atoms. The van der Waals surface area contributed by atoms with Gasteiger partial charge in [0.05, 0.1) is 6.10 Å². The van der Waals surface area contributed by atoms with Gasteiger partial charge in [-0.1, -0.05) is 65.5 Å². The molecular weight excluding hydrogens is 396 g/mol. The molecule has 1 N–H and O–H groups in total. The molecule has 3 saturated carbocycles. The van der Waals surface area contributed by atoms with Crippen LogP contribution in [0.2, 0.25) is 0 Å². The van der Waals surface area contributed by atoms with Crippen LogP contribution in [0.1, 0.15) is 106 Å². The van der Waals surface area contributed by atoms with Gasteiger partial charge in [-0.25, -0.2) is 0 Å². The van der Waals surface area contributed by atoms with E-state index in [0.29, 0.717) is 23.2 Å². The molecule has 0 radical (unpaired) electrons. The second-order valence-corrected chi connectivity index (χ2v) is 12.9. The number of ether oxygens (including phenoxy) is 1. The molecule has 3 nitrogen and oxygen atoms in total. The van der Waals surface area contributed by atoms with Crippen LogP contribution in [-0.4, -0.2) is 23.3 Å². The molecule has 0 aliphatic heterocycles. The van der Waals surface area contributed by atoms with Gasteiger partial charge in [0.25, 0.3) is 0 Å². The van der Waals surface area contributed by atoms with E-state index >= 15 is 0 Å². The first kappa shape index (κ1) is 24.3. The Morgan fingerprint density at radius 1 is 1.09 bits per heavy atom. The maximum absolute atomic E-state index is 11.5. The van der Waals surface area contributed by atoms with Crippen molar-refractivity contribution in [3.05, 3.63) is 11.6 Å². The lowest BCUT2D eigenvalue weighted by Crippen LogP contribution is -2.55. The smallest absolute Gasteiger partial charge is 0.302 e. The van der Waals surface area contributed by atoms with Crippen molar-refractivity contribution in [1.29, 1.82) is 0 Å². The second kappa shape index (κ2) is 9.08. The Morgan fingerprint density at radius 2 is 1.84 bits per heavy atom. The maximum Gasteiger partial charge on any atom is 0.302 e. The highest BCUT2D eigenvalue weighted by atomic mass is 16.5. The van der Waals surface area contributed by atoms with Gasteiger partial charge >= 0.3 is 5.97 Å². The first-order chi connectivity index (χ1) is 15.1. The van der Waals surface area contributed by atoms with Gasteiger partial charge in [-0.05, 0) is 84.9 Å². The van der Waals surface area contributed by atoms with Crippen molar-refractivity contribution in [3.8, 4) is 0 Å². The van der Waals surface area contributed by atoms with E-state index in [0.717, 1.165) is 37.0 Å². The number of fused-ring (bicyclic) bond motifs is 5. The molecule has 182 valence electrons. The van der Waals surface area contributed by atoms with E-state index in [1.165, 1.54) is 57.4 Å². The van der Waals surface area contributed by atoms with Crippen molar-refractivity contribution in [2.24, 2.45) is 46.3 Å². The van der Waals surface area contributed by atoms with E-state index in [1.807, 2.05) is 0 Å². The third kappa shape index (κ3) is 4.21. The summed E-state index contributed by atoms with van der Waals surface area (Å²) in [6, 6.07) is 0. The number of carbonyl (C=O) groups is 1. The summed E-state index contributed by atoms with van der Waals surface area (Å²) in [4.78, 5) is 11.5. The molecule has 3 fully saturated rings. The fraction of sp³-hybridized carbons (Fsp3) is 0.897. The van der Waals surface area contributed by atoms with Gasteiger partial charge in [-0.2, -0.15) is 0 Å². The molecule has 0 aromatic rings. The van der Waals surface area contributed by atoms with Crippen LogP contribution < -0.4 is 0 Å². The molecule has 0 aromatic heterocycles. The van der Waals surface area contributed by atoms with Crippen molar-refractivity contribution in [2.45, 2.75) is 118 Å². The first-order valence-corrected chi connectivity index (χ1v) is 13.6. The zero-order valence-electron chi connectivity index (χ0n) is 21.5. The average Bonchev–Trinajstić information content (AvgIpc) is 3.05.